The maximum atomic E-state index is 11.8. The van der Waals surface area contributed by atoms with Gasteiger partial charge in [-0.25, -0.2) is 9.48 Å². The summed E-state index contributed by atoms with van der Waals surface area (Å²) < 4.78 is 9.40. The molecule has 3 aromatic rings. The van der Waals surface area contributed by atoms with Crippen LogP contribution < -0.4 is 16.0 Å². The van der Waals surface area contributed by atoms with Gasteiger partial charge in [0.15, 0.2) is 0 Å². The summed E-state index contributed by atoms with van der Waals surface area (Å²) in [5.41, 5.74) is 1.44. The first-order valence-electron chi connectivity index (χ1n) is 10.1. The van der Waals surface area contributed by atoms with Crippen molar-refractivity contribution in [3.8, 4) is 5.75 Å². The first-order chi connectivity index (χ1) is 14.2. The molecule has 1 saturated carbocycles. The molecule has 4 rings (SSSR count). The monoisotopic (exact) mass is 395 g/mol. The van der Waals surface area contributed by atoms with Crippen molar-refractivity contribution in [2.24, 2.45) is 5.92 Å². The van der Waals surface area contributed by atoms with E-state index in [1.807, 2.05) is 22.9 Å². The van der Waals surface area contributed by atoms with Crippen molar-refractivity contribution >= 4 is 0 Å². The summed E-state index contributed by atoms with van der Waals surface area (Å²) in [5.74, 6) is 1.68. The van der Waals surface area contributed by atoms with Crippen LogP contribution in [0.1, 0.15) is 30.5 Å². The Kier molecular flexibility index (Phi) is 5.88. The molecular weight excluding hydrogens is 370 g/mol. The minimum absolute atomic E-state index is 0.380. The van der Waals surface area contributed by atoms with Gasteiger partial charge in [-0.3, -0.25) is 9.78 Å². The number of rotatable bonds is 10. The summed E-state index contributed by atoms with van der Waals surface area (Å²) in [6.07, 6.45) is 8.15. The van der Waals surface area contributed by atoms with Crippen LogP contribution in [0.5, 0.6) is 5.75 Å². The molecule has 1 N–H and O–H groups in total. The van der Waals surface area contributed by atoms with Crippen molar-refractivity contribution in [3.63, 3.8) is 0 Å². The minimum Gasteiger partial charge on any atom is -0.493 e. The van der Waals surface area contributed by atoms with Gasteiger partial charge >= 0.3 is 5.69 Å². The van der Waals surface area contributed by atoms with Crippen molar-refractivity contribution in [2.45, 2.75) is 45.2 Å². The fourth-order valence-electron chi connectivity index (χ4n) is 3.28. The van der Waals surface area contributed by atoms with Crippen molar-refractivity contribution in [1.82, 2.24) is 24.5 Å². The molecular formula is C21H25N5O3. The van der Waals surface area contributed by atoms with Gasteiger partial charge in [0.2, 0.25) is 0 Å². The lowest BCUT2D eigenvalue weighted by Gasteiger charge is -2.12. The third-order valence-electron chi connectivity index (χ3n) is 5.16. The van der Waals surface area contributed by atoms with E-state index in [1.54, 1.807) is 6.20 Å². The highest BCUT2D eigenvalue weighted by Crippen LogP contribution is 2.30. The SMILES string of the molecule is O=c1ccn(CCCc2cnnn2CCc2ccccc2OCC2CC2)c(=O)[nH]1. The topological polar surface area (TPSA) is 94.8 Å². The predicted octanol–water partition coefficient (Wildman–Crippen LogP) is 1.79. The first-order valence-corrected chi connectivity index (χ1v) is 10.1. The maximum Gasteiger partial charge on any atom is 0.328 e. The van der Waals surface area contributed by atoms with Crippen LogP contribution in [0.15, 0.2) is 52.3 Å². The summed E-state index contributed by atoms with van der Waals surface area (Å²) >= 11 is 0. The lowest BCUT2D eigenvalue weighted by molar-refractivity contribution is 0.296. The normalized spacial score (nSPS) is 13.5. The molecule has 0 unspecified atom stereocenters. The van der Waals surface area contributed by atoms with Crippen LogP contribution >= 0.6 is 0 Å². The number of nitrogens with one attached hydrogen (secondary N) is 1. The quantitative estimate of drug-likeness (QED) is 0.565. The largest absolute Gasteiger partial charge is 0.493 e. The van der Waals surface area contributed by atoms with Crippen LogP contribution in [-0.4, -0.2) is 31.2 Å². The van der Waals surface area contributed by atoms with Crippen LogP contribution in [0.25, 0.3) is 0 Å². The van der Waals surface area contributed by atoms with Gasteiger partial charge in [0.25, 0.3) is 5.56 Å². The maximum absolute atomic E-state index is 11.8. The fourth-order valence-corrected chi connectivity index (χ4v) is 3.28. The second-order valence-electron chi connectivity index (χ2n) is 7.47. The lowest BCUT2D eigenvalue weighted by atomic mass is 10.1. The Bertz CT molecular complexity index is 1060. The van der Waals surface area contributed by atoms with Gasteiger partial charge in [-0.2, -0.15) is 0 Å². The van der Waals surface area contributed by atoms with Gasteiger partial charge in [0.05, 0.1) is 18.5 Å². The second-order valence-corrected chi connectivity index (χ2v) is 7.47. The molecule has 29 heavy (non-hydrogen) atoms. The summed E-state index contributed by atoms with van der Waals surface area (Å²) in [4.78, 5) is 25.2. The van der Waals surface area contributed by atoms with Gasteiger partial charge in [-0.15, -0.1) is 5.10 Å². The molecule has 0 aliphatic heterocycles. The third-order valence-corrected chi connectivity index (χ3v) is 5.16. The van der Waals surface area contributed by atoms with E-state index in [2.05, 4.69) is 21.4 Å². The van der Waals surface area contributed by atoms with Gasteiger partial charge in [0, 0.05) is 25.4 Å². The van der Waals surface area contributed by atoms with Gasteiger partial charge in [-0.05, 0) is 49.7 Å². The van der Waals surface area contributed by atoms with E-state index in [0.29, 0.717) is 6.54 Å². The van der Waals surface area contributed by atoms with E-state index in [-0.39, 0.29) is 11.2 Å². The van der Waals surface area contributed by atoms with Crippen LogP contribution in [0, 0.1) is 5.92 Å². The highest BCUT2D eigenvalue weighted by molar-refractivity contribution is 5.33. The van der Waals surface area contributed by atoms with E-state index in [9.17, 15) is 9.59 Å². The van der Waals surface area contributed by atoms with Crippen molar-refractivity contribution in [3.05, 3.63) is 74.8 Å². The Morgan fingerprint density at radius 1 is 1.10 bits per heavy atom. The molecule has 1 aromatic carbocycles. The van der Waals surface area contributed by atoms with E-state index in [1.165, 1.54) is 35.2 Å². The molecule has 0 bridgehead atoms. The van der Waals surface area contributed by atoms with Crippen LogP contribution in [0.4, 0.5) is 0 Å². The zero-order chi connectivity index (χ0) is 20.1. The Labute approximate surface area is 168 Å². The zero-order valence-corrected chi connectivity index (χ0v) is 16.3. The first kappa shape index (κ1) is 19.2. The Morgan fingerprint density at radius 2 is 1.97 bits per heavy atom. The molecule has 0 radical (unpaired) electrons. The van der Waals surface area contributed by atoms with E-state index in [0.717, 1.165) is 49.8 Å². The molecule has 8 nitrogen and oxygen atoms in total. The molecule has 0 amide bonds. The molecule has 0 atom stereocenters. The smallest absolute Gasteiger partial charge is 0.328 e. The summed E-state index contributed by atoms with van der Waals surface area (Å²) in [7, 11) is 0. The van der Waals surface area contributed by atoms with Gasteiger partial charge < -0.3 is 9.30 Å². The van der Waals surface area contributed by atoms with Crippen LogP contribution in [-0.2, 0) is 25.9 Å². The average Bonchev–Trinajstić information content (AvgIpc) is 3.45. The standard InChI is InChI=1S/C21H25N5O3/c27-20-10-12-25(21(28)23-20)11-3-5-18-14-22-24-26(18)13-9-17-4-1-2-6-19(17)29-15-16-7-8-16/h1-2,4,6,10,12,14,16H,3,5,7-9,11,13,15H2,(H,23,27,28). The number of aryl methyl sites for hydroxylation is 4. The number of H-pyrrole nitrogens is 1. The minimum atomic E-state index is -0.382. The number of hydrogen-bond acceptors (Lipinski definition) is 5. The lowest BCUT2D eigenvalue weighted by Crippen LogP contribution is -2.28. The average molecular weight is 395 g/mol. The van der Waals surface area contributed by atoms with E-state index >= 15 is 0 Å². The van der Waals surface area contributed by atoms with Crippen molar-refractivity contribution in [1.29, 1.82) is 0 Å². The third kappa shape index (κ3) is 5.22. The molecule has 1 aliphatic rings. The van der Waals surface area contributed by atoms with Gasteiger partial charge in [-0.1, -0.05) is 23.4 Å². The molecule has 8 heteroatoms. The van der Waals surface area contributed by atoms with Crippen LogP contribution in [0.2, 0.25) is 0 Å². The van der Waals surface area contributed by atoms with Crippen molar-refractivity contribution < 1.29 is 4.74 Å². The molecule has 2 aromatic heterocycles. The number of ether oxygens (including phenoxy) is 1. The summed E-state index contributed by atoms with van der Waals surface area (Å²) in [6, 6.07) is 9.52. The van der Waals surface area contributed by atoms with E-state index < -0.39 is 0 Å². The van der Waals surface area contributed by atoms with E-state index in [4.69, 9.17) is 4.74 Å². The number of hydrogen-bond donors (Lipinski definition) is 1. The Morgan fingerprint density at radius 3 is 2.79 bits per heavy atom. The number of benzene rings is 1. The summed E-state index contributed by atoms with van der Waals surface area (Å²) in [6.45, 7) is 2.05. The van der Waals surface area contributed by atoms with Crippen LogP contribution in [0.3, 0.4) is 0 Å². The zero-order valence-electron chi connectivity index (χ0n) is 16.3. The number of aromatic amines is 1. The number of para-hydroxylation sites is 1. The van der Waals surface area contributed by atoms with Crippen molar-refractivity contribution in [2.75, 3.05) is 6.61 Å². The van der Waals surface area contributed by atoms with Gasteiger partial charge in [0.1, 0.15) is 5.75 Å². The molecule has 0 saturated heterocycles. The second kappa shape index (κ2) is 8.89. The summed E-state index contributed by atoms with van der Waals surface area (Å²) in [5, 5.41) is 8.25. The molecule has 1 fully saturated rings. The Hall–Kier alpha value is -3.16. The molecule has 2 heterocycles. The predicted molar refractivity (Wildman–Crippen MR) is 108 cm³/mol. The fraction of sp³-hybridized carbons (Fsp3) is 0.429. The number of nitrogens with zero attached hydrogens (tertiary/aromatic N) is 4. The molecule has 1 aliphatic carbocycles. The number of aromatic nitrogens is 5. The molecule has 0 spiro atoms. The highest BCUT2D eigenvalue weighted by Gasteiger charge is 2.22. The molecule has 152 valence electrons. The Balaban J connectivity index is 1.32. The highest BCUT2D eigenvalue weighted by atomic mass is 16.5.